The number of hydrogen-bond donors (Lipinski definition) is 4. The lowest BCUT2D eigenvalue weighted by atomic mass is 9.33. The van der Waals surface area contributed by atoms with Crippen molar-refractivity contribution < 1.29 is 49.1 Å². The van der Waals surface area contributed by atoms with Crippen molar-refractivity contribution in [3.63, 3.8) is 0 Å². The highest BCUT2D eigenvalue weighted by Crippen LogP contribution is 2.75. The zero-order chi connectivity index (χ0) is 39.3. The zero-order valence-electron chi connectivity index (χ0n) is 33.1. The number of hydrogen-bond acceptors (Lipinski definition) is 10. The minimum Gasteiger partial charge on any atom is -0.481 e. The first kappa shape index (κ1) is 40.7. The average molecular weight is 762 g/mol. The molecular formula is C41H63NO10S. The van der Waals surface area contributed by atoms with Crippen molar-refractivity contribution in [2.75, 3.05) is 19.4 Å². The van der Waals surface area contributed by atoms with Crippen molar-refractivity contribution in [2.24, 2.45) is 50.2 Å². The Kier molecular flexibility index (Phi) is 10.4. The van der Waals surface area contributed by atoms with Gasteiger partial charge in [0.15, 0.2) is 11.9 Å². The molecule has 0 bridgehead atoms. The number of amides is 1. The smallest absolute Gasteiger partial charge is 0.337 e. The molecule has 1 amide bonds. The Hall–Kier alpha value is -1.99. The molecule has 4 saturated carbocycles. The van der Waals surface area contributed by atoms with Crippen LogP contribution in [-0.4, -0.2) is 104 Å². The van der Waals surface area contributed by atoms with Gasteiger partial charge in [-0.25, -0.2) is 4.79 Å². The van der Waals surface area contributed by atoms with Gasteiger partial charge in [-0.15, -0.1) is 11.8 Å². The van der Waals surface area contributed by atoms with Gasteiger partial charge in [0.2, 0.25) is 5.91 Å². The maximum absolute atomic E-state index is 14.8. The molecule has 0 radical (unpaired) electrons. The first-order valence-electron chi connectivity index (χ1n) is 19.7. The molecule has 6 rings (SSSR count). The summed E-state index contributed by atoms with van der Waals surface area (Å²) >= 11 is 1.18. The fourth-order valence-corrected chi connectivity index (χ4v) is 14.1. The summed E-state index contributed by atoms with van der Waals surface area (Å²) in [5, 5.41) is 41.6. The van der Waals surface area contributed by atoms with E-state index < -0.39 is 47.2 Å². The molecule has 1 heterocycles. The third kappa shape index (κ3) is 6.05. The van der Waals surface area contributed by atoms with Crippen LogP contribution in [0.25, 0.3) is 0 Å². The maximum atomic E-state index is 14.8. The van der Waals surface area contributed by atoms with Gasteiger partial charge in [0, 0.05) is 31.2 Å². The summed E-state index contributed by atoms with van der Waals surface area (Å²) in [4.78, 5) is 54.7. The molecule has 4 N–H and O–H groups in total. The summed E-state index contributed by atoms with van der Waals surface area (Å²) in [5.74, 6) is -1.05. The van der Waals surface area contributed by atoms with Crippen molar-refractivity contribution in [3.8, 4) is 0 Å². The van der Waals surface area contributed by atoms with E-state index in [0.29, 0.717) is 25.1 Å². The topological polar surface area (TPSA) is 171 Å². The number of esters is 1. The lowest BCUT2D eigenvalue weighted by Gasteiger charge is -2.71. The van der Waals surface area contributed by atoms with Gasteiger partial charge in [-0.1, -0.05) is 47.1 Å². The summed E-state index contributed by atoms with van der Waals surface area (Å²) in [5.41, 5.74) is -1.74. The number of aliphatic hydroxyl groups is 3. The number of aliphatic hydroxyl groups excluding tert-OH is 3. The Labute approximate surface area is 319 Å². The molecule has 1 aliphatic heterocycles. The molecule has 0 aromatic heterocycles. The highest BCUT2D eigenvalue weighted by Gasteiger charge is 2.70. The van der Waals surface area contributed by atoms with Crippen LogP contribution in [0.15, 0.2) is 11.6 Å². The van der Waals surface area contributed by atoms with Gasteiger partial charge in [0.25, 0.3) is 0 Å². The number of thioether (sulfide) groups is 1. The lowest BCUT2D eigenvalue weighted by molar-refractivity contribution is -0.211. The van der Waals surface area contributed by atoms with Gasteiger partial charge in [-0.3, -0.25) is 14.4 Å². The molecule has 5 fully saturated rings. The second kappa shape index (κ2) is 13.6. The Bertz CT molecular complexity index is 1550. The highest BCUT2D eigenvalue weighted by molar-refractivity contribution is 7.99. The van der Waals surface area contributed by atoms with Crippen LogP contribution < -0.4 is 0 Å². The lowest BCUT2D eigenvalue weighted by Crippen LogP contribution is -2.68. The number of allylic oxidation sites excluding steroid dienone is 2. The molecule has 11 nitrogen and oxygen atoms in total. The first-order chi connectivity index (χ1) is 24.5. The number of ketones is 1. The van der Waals surface area contributed by atoms with E-state index in [1.54, 1.807) is 6.92 Å². The maximum Gasteiger partial charge on any atom is 0.337 e. The number of ether oxygens (including phenoxy) is 2. The third-order valence-electron chi connectivity index (χ3n) is 16.5. The summed E-state index contributed by atoms with van der Waals surface area (Å²) in [6.45, 7) is 17.7. The number of fused-ring (bicyclic) bond motifs is 7. The van der Waals surface area contributed by atoms with Crippen LogP contribution >= 0.6 is 11.8 Å². The number of nitrogens with zero attached hydrogens (tertiary/aromatic N) is 1. The Morgan fingerprint density at radius 1 is 0.925 bits per heavy atom. The van der Waals surface area contributed by atoms with E-state index in [1.165, 1.54) is 17.3 Å². The highest BCUT2D eigenvalue weighted by atomic mass is 32.2. The number of carbonyl (C=O) groups is 4. The zero-order valence-corrected chi connectivity index (χ0v) is 34.0. The first-order valence-corrected chi connectivity index (χ1v) is 20.7. The second-order valence-corrected chi connectivity index (χ2v) is 20.6. The molecule has 0 aromatic rings. The van der Waals surface area contributed by atoms with Crippen LogP contribution in [0, 0.1) is 50.2 Å². The van der Waals surface area contributed by atoms with Crippen molar-refractivity contribution in [3.05, 3.63) is 11.6 Å². The number of rotatable bonds is 7. The normalized spacial score (nSPS) is 47.5. The summed E-state index contributed by atoms with van der Waals surface area (Å²) in [6, 6.07) is -0.0952. The molecule has 0 aromatic carbocycles. The van der Waals surface area contributed by atoms with Crippen molar-refractivity contribution >= 4 is 35.4 Å². The Morgan fingerprint density at radius 2 is 1.58 bits per heavy atom. The third-order valence-corrected chi connectivity index (χ3v) is 17.6. The van der Waals surface area contributed by atoms with E-state index in [4.69, 9.17) is 9.47 Å². The molecule has 0 spiro atoms. The molecule has 5 aliphatic carbocycles. The van der Waals surface area contributed by atoms with Crippen molar-refractivity contribution in [1.82, 2.24) is 4.90 Å². The molecule has 14 unspecified atom stereocenters. The Morgan fingerprint density at radius 3 is 2.21 bits per heavy atom. The number of carboxylic acid groups (broad SMARTS) is 1. The number of carbonyl (C=O) groups excluding carboxylic acids is 3. The molecule has 14 atom stereocenters. The van der Waals surface area contributed by atoms with Crippen LogP contribution in [0.3, 0.4) is 0 Å². The van der Waals surface area contributed by atoms with E-state index in [-0.39, 0.29) is 62.6 Å². The monoisotopic (exact) mass is 761 g/mol. The van der Waals surface area contributed by atoms with Gasteiger partial charge in [-0.05, 0) is 110 Å². The SMILES string of the molecule is COC(=O)C1OC(SCCN(C(C)=O)C2CCC3(C)C(CCC4(C)C3C(=O)C=C3C5CC(C)(C(=O)O)CCC5(C)CCC34C)C2(C)C)C(O)C(O)C1O. The standard InChI is InChI=1S/C41H63NO10S/c1-22(43)42(18-19-53-34-30(47)28(45)29(46)31(52-34)33(48)51-9)27-11-12-39(6)26(36(27,2)3)10-13-41(8)32(39)25(44)20-23-24-21-38(5,35(49)50)15-14-37(24,4)16-17-40(23,41)7/h20,24,26-32,34,45-47H,10-19,21H2,1-9H3,(H,49,50). The molecule has 12 heteroatoms. The summed E-state index contributed by atoms with van der Waals surface area (Å²) < 4.78 is 10.4. The van der Waals surface area contributed by atoms with Gasteiger partial charge in [0.05, 0.1) is 12.5 Å². The van der Waals surface area contributed by atoms with Crippen LogP contribution in [0.2, 0.25) is 0 Å². The predicted octanol–water partition coefficient (Wildman–Crippen LogP) is 4.98. The van der Waals surface area contributed by atoms with Gasteiger partial charge < -0.3 is 34.8 Å². The second-order valence-electron chi connectivity index (χ2n) is 19.4. The average Bonchev–Trinajstić information content (AvgIpc) is 3.08. The van der Waals surface area contributed by atoms with Crippen LogP contribution in [-0.2, 0) is 28.7 Å². The number of methoxy groups -OCH3 is 1. The van der Waals surface area contributed by atoms with E-state index in [0.717, 1.165) is 52.1 Å². The molecular weight excluding hydrogens is 699 g/mol. The quantitative estimate of drug-likeness (QED) is 0.258. The van der Waals surface area contributed by atoms with Gasteiger partial charge in [-0.2, -0.15) is 0 Å². The predicted molar refractivity (Wildman–Crippen MR) is 199 cm³/mol. The largest absolute Gasteiger partial charge is 0.481 e. The molecule has 53 heavy (non-hydrogen) atoms. The minimum absolute atomic E-state index is 0.00924. The van der Waals surface area contributed by atoms with Gasteiger partial charge in [0.1, 0.15) is 23.7 Å². The number of aliphatic carboxylic acids is 1. The molecule has 1 saturated heterocycles. The van der Waals surface area contributed by atoms with E-state index in [1.807, 2.05) is 17.9 Å². The summed E-state index contributed by atoms with van der Waals surface area (Å²) in [6.07, 6.45) is 3.34. The summed E-state index contributed by atoms with van der Waals surface area (Å²) in [7, 11) is 1.16. The van der Waals surface area contributed by atoms with Crippen molar-refractivity contribution in [2.45, 2.75) is 149 Å². The molecule has 6 aliphatic rings. The fraction of sp³-hybridized carbons (Fsp3) is 0.854. The van der Waals surface area contributed by atoms with E-state index in [2.05, 4.69) is 41.5 Å². The van der Waals surface area contributed by atoms with Crippen molar-refractivity contribution in [1.29, 1.82) is 0 Å². The molecule has 298 valence electrons. The van der Waals surface area contributed by atoms with E-state index >= 15 is 0 Å². The number of carboxylic acids is 1. The van der Waals surface area contributed by atoms with E-state index in [9.17, 15) is 39.6 Å². The van der Waals surface area contributed by atoms with Crippen LogP contribution in [0.5, 0.6) is 0 Å². The Balaban J connectivity index is 1.23. The van der Waals surface area contributed by atoms with Crippen LogP contribution in [0.4, 0.5) is 0 Å². The van der Waals surface area contributed by atoms with Crippen LogP contribution in [0.1, 0.15) is 113 Å². The minimum atomic E-state index is -1.63. The van der Waals surface area contributed by atoms with Gasteiger partial charge >= 0.3 is 11.9 Å². The fourth-order valence-electron chi connectivity index (χ4n) is 13.0.